The lowest BCUT2D eigenvalue weighted by atomic mass is 9.96. The molecule has 156 valence electrons. The Hall–Kier alpha value is -3.73. The molecule has 0 saturated heterocycles. The number of aliphatic carboxylic acids is 1. The van der Waals surface area contributed by atoms with Gasteiger partial charge < -0.3 is 15.0 Å². The van der Waals surface area contributed by atoms with Gasteiger partial charge in [-0.1, -0.05) is 48.9 Å². The zero-order valence-corrected chi connectivity index (χ0v) is 17.5. The smallest absolute Gasteiger partial charge is 0.373 e. The predicted molar refractivity (Wildman–Crippen MR) is 118 cm³/mol. The summed E-state index contributed by atoms with van der Waals surface area (Å²) in [7, 11) is 0. The van der Waals surface area contributed by atoms with E-state index in [1.165, 1.54) is 0 Å². The van der Waals surface area contributed by atoms with Gasteiger partial charge in [-0.05, 0) is 42.7 Å². The Morgan fingerprint density at radius 3 is 2.23 bits per heavy atom. The molecule has 5 nitrogen and oxygen atoms in total. The second-order valence-corrected chi connectivity index (χ2v) is 7.79. The molecular weight excluding hydrogens is 390 g/mol. The number of hydrogen-bond donors (Lipinski definition) is 1. The molecule has 0 aliphatic rings. The van der Waals surface area contributed by atoms with Crippen molar-refractivity contribution in [1.29, 1.82) is 0 Å². The normalized spacial score (nSPS) is 12.2. The summed E-state index contributed by atoms with van der Waals surface area (Å²) in [4.78, 5) is 24.4. The Kier molecular flexibility index (Phi) is 5.42. The molecule has 0 amide bonds. The minimum absolute atomic E-state index is 0.0800. The quantitative estimate of drug-likeness (QED) is 0.382. The standard InChI is InChI=1S/C26H23NO4/c1-3-6-23(25(28)29)27-21-8-5-4-7-19(21)24(26(30)31)20-15-18(13-14-22(20)27)17-11-9-16(2)10-12-17/h4-5,7-15,23H,3,6H2,1-2H3,(H-,28,29,30,31). The molecule has 0 spiro atoms. The molecule has 31 heavy (non-hydrogen) atoms. The molecule has 0 fully saturated rings. The Morgan fingerprint density at radius 1 is 0.935 bits per heavy atom. The maximum Gasteiger partial charge on any atom is 0.373 e. The van der Waals surface area contributed by atoms with Crippen LogP contribution < -0.4 is 9.67 Å². The van der Waals surface area contributed by atoms with Crippen LogP contribution >= 0.6 is 0 Å². The number of aromatic carboxylic acids is 1. The highest BCUT2D eigenvalue weighted by molar-refractivity contribution is 6.12. The molecule has 0 aliphatic carbocycles. The number of aromatic nitrogens is 1. The van der Waals surface area contributed by atoms with E-state index in [0.717, 1.165) is 16.7 Å². The Bertz CT molecular complexity index is 1310. The molecule has 0 aliphatic heterocycles. The molecule has 5 heteroatoms. The summed E-state index contributed by atoms with van der Waals surface area (Å²) < 4.78 is 1.75. The van der Waals surface area contributed by atoms with Crippen molar-refractivity contribution >= 4 is 33.7 Å². The van der Waals surface area contributed by atoms with E-state index in [9.17, 15) is 19.8 Å². The summed E-state index contributed by atoms with van der Waals surface area (Å²) in [5.41, 5.74) is 4.16. The third-order valence-electron chi connectivity index (χ3n) is 5.71. The van der Waals surface area contributed by atoms with E-state index in [1.807, 2.05) is 56.3 Å². The van der Waals surface area contributed by atoms with Gasteiger partial charge in [0.2, 0.25) is 11.0 Å². The number of carboxylic acids is 2. The highest BCUT2D eigenvalue weighted by Gasteiger charge is 2.32. The number of carbonyl (C=O) groups excluding carboxylic acids is 1. The van der Waals surface area contributed by atoms with Gasteiger partial charge >= 0.3 is 5.97 Å². The van der Waals surface area contributed by atoms with E-state index in [2.05, 4.69) is 0 Å². The zero-order valence-electron chi connectivity index (χ0n) is 17.5. The van der Waals surface area contributed by atoms with Gasteiger partial charge in [-0.25, -0.2) is 4.79 Å². The van der Waals surface area contributed by atoms with Crippen LogP contribution in [0.1, 0.15) is 41.7 Å². The number of benzene rings is 3. The summed E-state index contributed by atoms with van der Waals surface area (Å²) in [6.45, 7) is 3.94. The number of hydrogen-bond acceptors (Lipinski definition) is 3. The fourth-order valence-electron chi connectivity index (χ4n) is 4.23. The largest absolute Gasteiger partial charge is 0.545 e. The highest BCUT2D eigenvalue weighted by atomic mass is 16.4. The first kappa shape index (κ1) is 20.5. The molecule has 1 heterocycles. The first-order valence-corrected chi connectivity index (χ1v) is 10.3. The van der Waals surface area contributed by atoms with Crippen LogP contribution in [0.15, 0.2) is 66.7 Å². The van der Waals surface area contributed by atoms with Crippen molar-refractivity contribution in [3.63, 3.8) is 0 Å². The van der Waals surface area contributed by atoms with Crippen molar-refractivity contribution in [2.45, 2.75) is 32.7 Å². The van der Waals surface area contributed by atoms with Crippen molar-refractivity contribution in [3.8, 4) is 11.1 Å². The number of rotatable bonds is 6. The summed E-state index contributed by atoms with van der Waals surface area (Å²) in [5, 5.41) is 23.1. The molecule has 0 radical (unpaired) electrons. The minimum Gasteiger partial charge on any atom is -0.545 e. The summed E-state index contributed by atoms with van der Waals surface area (Å²) in [6.07, 6.45) is 1.12. The van der Waals surface area contributed by atoms with Crippen LogP contribution in [0.25, 0.3) is 32.9 Å². The molecule has 1 N–H and O–H groups in total. The van der Waals surface area contributed by atoms with Crippen LogP contribution in [-0.4, -0.2) is 17.0 Å². The number of carbonyl (C=O) groups is 2. The molecule has 1 unspecified atom stereocenters. The third-order valence-corrected chi connectivity index (χ3v) is 5.71. The first-order valence-electron chi connectivity index (χ1n) is 10.3. The fraction of sp³-hybridized carbons (Fsp3) is 0.192. The van der Waals surface area contributed by atoms with Gasteiger partial charge in [0.05, 0.1) is 16.7 Å². The van der Waals surface area contributed by atoms with Gasteiger partial charge in [0, 0.05) is 24.1 Å². The topological polar surface area (TPSA) is 81.3 Å². The van der Waals surface area contributed by atoms with E-state index in [4.69, 9.17) is 0 Å². The molecule has 4 rings (SSSR count). The van der Waals surface area contributed by atoms with E-state index in [0.29, 0.717) is 34.6 Å². The molecule has 3 aromatic carbocycles. The number of nitrogens with zero attached hydrogens (tertiary/aromatic N) is 1. The van der Waals surface area contributed by atoms with Gasteiger partial charge in [0.25, 0.3) is 6.04 Å². The van der Waals surface area contributed by atoms with Crippen molar-refractivity contribution in [2.24, 2.45) is 0 Å². The van der Waals surface area contributed by atoms with Crippen LogP contribution in [-0.2, 0) is 4.79 Å². The zero-order chi connectivity index (χ0) is 22.1. The van der Waals surface area contributed by atoms with E-state index in [1.54, 1.807) is 28.8 Å². The molecule has 4 aromatic rings. The maximum atomic E-state index is 12.2. The van der Waals surface area contributed by atoms with Crippen molar-refractivity contribution in [3.05, 3.63) is 77.9 Å². The van der Waals surface area contributed by atoms with Crippen molar-refractivity contribution in [1.82, 2.24) is 0 Å². The number of aryl methyl sites for hydroxylation is 1. The van der Waals surface area contributed by atoms with Gasteiger partial charge in [-0.3, -0.25) is 0 Å². The van der Waals surface area contributed by atoms with Gasteiger partial charge in [0.15, 0.2) is 0 Å². The monoisotopic (exact) mass is 413 g/mol. The fourth-order valence-corrected chi connectivity index (χ4v) is 4.23. The molecule has 0 saturated carbocycles. The van der Waals surface area contributed by atoms with Gasteiger partial charge in [0.1, 0.15) is 0 Å². The SMILES string of the molecule is CCCC(C(=O)O)[n+]1c2ccccc2c(C(=O)[O-])c2cc(-c3ccc(C)cc3)ccc21. The summed E-state index contributed by atoms with van der Waals surface area (Å²) in [5.74, 6) is -2.22. The lowest BCUT2D eigenvalue weighted by molar-refractivity contribution is -0.661. The van der Waals surface area contributed by atoms with Gasteiger partial charge in [-0.15, -0.1) is 0 Å². The lowest BCUT2D eigenvalue weighted by Gasteiger charge is -2.17. The molecule has 1 atom stereocenters. The van der Waals surface area contributed by atoms with Crippen LogP contribution in [0, 0.1) is 6.92 Å². The number of para-hydroxylation sites is 1. The van der Waals surface area contributed by atoms with Crippen LogP contribution in [0.4, 0.5) is 0 Å². The highest BCUT2D eigenvalue weighted by Crippen LogP contribution is 2.31. The van der Waals surface area contributed by atoms with Crippen LogP contribution in [0.3, 0.4) is 0 Å². The van der Waals surface area contributed by atoms with Crippen LogP contribution in [0.2, 0.25) is 0 Å². The molecule has 1 aromatic heterocycles. The second-order valence-electron chi connectivity index (χ2n) is 7.79. The van der Waals surface area contributed by atoms with Crippen molar-refractivity contribution in [2.75, 3.05) is 0 Å². The van der Waals surface area contributed by atoms with Crippen LogP contribution in [0.5, 0.6) is 0 Å². The minimum atomic E-state index is -1.28. The predicted octanol–water partition coefficient (Wildman–Crippen LogP) is 4.05. The Morgan fingerprint density at radius 2 is 1.58 bits per heavy atom. The number of fused-ring (bicyclic) bond motifs is 2. The average Bonchev–Trinajstić information content (AvgIpc) is 2.75. The van der Waals surface area contributed by atoms with Crippen molar-refractivity contribution < 1.29 is 24.4 Å². The second kappa shape index (κ2) is 8.19. The maximum absolute atomic E-state index is 12.2. The summed E-state index contributed by atoms with van der Waals surface area (Å²) in [6, 6.07) is 19.7. The van der Waals surface area contributed by atoms with E-state index in [-0.39, 0.29) is 5.56 Å². The van der Waals surface area contributed by atoms with E-state index >= 15 is 0 Å². The van der Waals surface area contributed by atoms with E-state index < -0.39 is 18.0 Å². The van der Waals surface area contributed by atoms with Gasteiger partial charge in [-0.2, -0.15) is 4.57 Å². The third kappa shape index (κ3) is 3.63. The molecule has 0 bridgehead atoms. The molecular formula is C26H23NO4. The first-order chi connectivity index (χ1) is 14.9. The summed E-state index contributed by atoms with van der Waals surface area (Å²) >= 11 is 0. The number of carboxylic acid groups (broad SMARTS) is 2. The Labute approximate surface area is 180 Å². The Balaban J connectivity index is 2.13. The average molecular weight is 413 g/mol. The lowest BCUT2D eigenvalue weighted by Crippen LogP contribution is -2.46. The number of pyridine rings is 1.